The van der Waals surface area contributed by atoms with Crippen molar-refractivity contribution in [2.45, 2.75) is 20.3 Å². The van der Waals surface area contributed by atoms with Crippen LogP contribution in [0.3, 0.4) is 0 Å². The van der Waals surface area contributed by atoms with Gasteiger partial charge in [-0.05, 0) is 38.6 Å². The zero-order valence-electron chi connectivity index (χ0n) is 11.0. The topological polar surface area (TPSA) is 63.2 Å². The van der Waals surface area contributed by atoms with E-state index in [1.807, 2.05) is 0 Å². The molecule has 0 saturated heterocycles. The fourth-order valence-corrected chi connectivity index (χ4v) is 1.52. The molecule has 18 heavy (non-hydrogen) atoms. The third-order valence-corrected chi connectivity index (χ3v) is 2.38. The Morgan fingerprint density at radius 2 is 2.22 bits per heavy atom. The highest BCUT2D eigenvalue weighted by Crippen LogP contribution is 2.12. The van der Waals surface area contributed by atoms with Crippen molar-refractivity contribution < 1.29 is 9.53 Å². The molecule has 100 valence electrons. The lowest BCUT2D eigenvalue weighted by molar-refractivity contribution is 0.0527. The first-order valence-electron chi connectivity index (χ1n) is 6.36. The fourth-order valence-electron chi connectivity index (χ4n) is 1.52. The summed E-state index contributed by atoms with van der Waals surface area (Å²) in [4.78, 5) is 15.9. The molecule has 1 rings (SSSR count). The first-order valence-corrected chi connectivity index (χ1v) is 6.36. The number of nitrogens with zero attached hydrogens (tertiary/aromatic N) is 1. The van der Waals surface area contributed by atoms with Gasteiger partial charge in [0, 0.05) is 12.7 Å². The number of hydrogen-bond donors (Lipinski definition) is 2. The number of esters is 1. The lowest BCUT2D eigenvalue weighted by atomic mass is 10.2. The van der Waals surface area contributed by atoms with Crippen molar-refractivity contribution in [3.63, 3.8) is 0 Å². The van der Waals surface area contributed by atoms with Crippen LogP contribution in [-0.2, 0) is 4.74 Å². The van der Waals surface area contributed by atoms with Crippen LogP contribution in [0, 0.1) is 0 Å². The van der Waals surface area contributed by atoms with Crippen LogP contribution in [0.15, 0.2) is 18.3 Å². The van der Waals surface area contributed by atoms with Gasteiger partial charge in [0.05, 0.1) is 6.61 Å². The Hall–Kier alpha value is -1.62. The average molecular weight is 251 g/mol. The zero-order chi connectivity index (χ0) is 13.2. The Morgan fingerprint density at radius 3 is 2.94 bits per heavy atom. The number of carbonyl (C=O) groups is 1. The Labute approximate surface area is 108 Å². The molecule has 1 aromatic heterocycles. The van der Waals surface area contributed by atoms with Crippen LogP contribution in [0.25, 0.3) is 0 Å². The standard InChI is InChI=1S/C13H21N3O2/c1-3-14-8-6-10-16-12-11(7-5-9-15-12)13(17)18-4-2/h5,7,9,14H,3-4,6,8,10H2,1-2H3,(H,15,16). The monoisotopic (exact) mass is 251 g/mol. The third kappa shape index (κ3) is 4.71. The van der Waals surface area contributed by atoms with E-state index in [2.05, 4.69) is 22.5 Å². The predicted molar refractivity (Wildman–Crippen MR) is 71.8 cm³/mol. The van der Waals surface area contributed by atoms with E-state index in [1.165, 1.54) is 0 Å². The zero-order valence-corrected chi connectivity index (χ0v) is 11.0. The van der Waals surface area contributed by atoms with Gasteiger partial charge in [0.1, 0.15) is 11.4 Å². The van der Waals surface area contributed by atoms with E-state index >= 15 is 0 Å². The van der Waals surface area contributed by atoms with Gasteiger partial charge in [-0.3, -0.25) is 0 Å². The maximum Gasteiger partial charge on any atom is 0.341 e. The van der Waals surface area contributed by atoms with Crippen molar-refractivity contribution in [1.82, 2.24) is 10.3 Å². The maximum absolute atomic E-state index is 11.7. The van der Waals surface area contributed by atoms with Crippen LogP contribution < -0.4 is 10.6 Å². The minimum Gasteiger partial charge on any atom is -0.462 e. The van der Waals surface area contributed by atoms with Gasteiger partial charge in [0.15, 0.2) is 0 Å². The number of aromatic nitrogens is 1. The Bertz CT molecular complexity index is 369. The molecule has 0 bridgehead atoms. The van der Waals surface area contributed by atoms with Crippen LogP contribution in [0.4, 0.5) is 5.82 Å². The Morgan fingerprint density at radius 1 is 1.39 bits per heavy atom. The molecular weight excluding hydrogens is 230 g/mol. The summed E-state index contributed by atoms with van der Waals surface area (Å²) in [5.74, 6) is 0.257. The SMILES string of the molecule is CCNCCCNc1ncccc1C(=O)OCC. The van der Waals surface area contributed by atoms with Crippen molar-refractivity contribution in [3.05, 3.63) is 23.9 Å². The summed E-state index contributed by atoms with van der Waals surface area (Å²) in [5, 5.41) is 6.40. The lowest BCUT2D eigenvalue weighted by Gasteiger charge is -2.10. The number of nitrogens with one attached hydrogen (secondary N) is 2. The van der Waals surface area contributed by atoms with E-state index in [0.29, 0.717) is 18.0 Å². The van der Waals surface area contributed by atoms with Gasteiger partial charge in [-0.25, -0.2) is 9.78 Å². The molecule has 0 amide bonds. The van der Waals surface area contributed by atoms with Crippen LogP contribution in [0.5, 0.6) is 0 Å². The highest BCUT2D eigenvalue weighted by Gasteiger charge is 2.12. The summed E-state index contributed by atoms with van der Waals surface area (Å²) in [7, 11) is 0. The summed E-state index contributed by atoms with van der Waals surface area (Å²) in [6.45, 7) is 6.93. The number of carbonyl (C=O) groups excluding carboxylic acids is 1. The molecule has 0 saturated carbocycles. The smallest absolute Gasteiger partial charge is 0.341 e. The molecule has 2 N–H and O–H groups in total. The molecule has 0 aliphatic heterocycles. The maximum atomic E-state index is 11.7. The lowest BCUT2D eigenvalue weighted by Crippen LogP contribution is -2.18. The van der Waals surface area contributed by atoms with E-state index in [0.717, 1.165) is 26.1 Å². The normalized spacial score (nSPS) is 10.1. The van der Waals surface area contributed by atoms with E-state index in [4.69, 9.17) is 4.74 Å². The van der Waals surface area contributed by atoms with Crippen molar-refractivity contribution >= 4 is 11.8 Å². The van der Waals surface area contributed by atoms with Crippen molar-refractivity contribution in [3.8, 4) is 0 Å². The number of anilines is 1. The van der Waals surface area contributed by atoms with Crippen LogP contribution >= 0.6 is 0 Å². The number of hydrogen-bond acceptors (Lipinski definition) is 5. The molecule has 5 heteroatoms. The van der Waals surface area contributed by atoms with Crippen molar-refractivity contribution in [2.24, 2.45) is 0 Å². The third-order valence-electron chi connectivity index (χ3n) is 2.38. The molecule has 1 heterocycles. The molecule has 0 radical (unpaired) electrons. The molecule has 0 atom stereocenters. The van der Waals surface area contributed by atoms with Gasteiger partial charge >= 0.3 is 5.97 Å². The highest BCUT2D eigenvalue weighted by molar-refractivity contribution is 5.94. The largest absolute Gasteiger partial charge is 0.462 e. The number of rotatable bonds is 8. The molecule has 0 spiro atoms. The Kier molecular flexibility index (Phi) is 6.79. The van der Waals surface area contributed by atoms with Crippen LogP contribution in [-0.4, -0.2) is 37.2 Å². The quantitative estimate of drug-likeness (QED) is 0.543. The molecule has 5 nitrogen and oxygen atoms in total. The summed E-state index contributed by atoms with van der Waals surface area (Å²) in [6.07, 6.45) is 2.64. The minimum absolute atomic E-state index is 0.334. The van der Waals surface area contributed by atoms with E-state index < -0.39 is 0 Å². The summed E-state index contributed by atoms with van der Waals surface area (Å²) in [6, 6.07) is 3.45. The predicted octanol–water partition coefficient (Wildman–Crippen LogP) is 1.67. The molecular formula is C13H21N3O2. The highest BCUT2D eigenvalue weighted by atomic mass is 16.5. The van der Waals surface area contributed by atoms with Crippen molar-refractivity contribution in [2.75, 3.05) is 31.6 Å². The summed E-state index contributed by atoms with van der Waals surface area (Å²) in [5.41, 5.74) is 0.489. The van der Waals surface area contributed by atoms with Crippen molar-refractivity contribution in [1.29, 1.82) is 0 Å². The van der Waals surface area contributed by atoms with E-state index in [-0.39, 0.29) is 5.97 Å². The second-order valence-corrected chi connectivity index (χ2v) is 3.75. The molecule has 0 fully saturated rings. The molecule has 0 aliphatic rings. The number of pyridine rings is 1. The summed E-state index contributed by atoms with van der Waals surface area (Å²) >= 11 is 0. The van der Waals surface area contributed by atoms with Crippen LogP contribution in [0.1, 0.15) is 30.6 Å². The molecule has 0 unspecified atom stereocenters. The summed E-state index contributed by atoms with van der Waals surface area (Å²) < 4.78 is 4.98. The molecule has 1 aromatic rings. The average Bonchev–Trinajstić information content (AvgIpc) is 2.39. The van der Waals surface area contributed by atoms with E-state index in [1.54, 1.807) is 25.3 Å². The van der Waals surface area contributed by atoms with Gasteiger partial charge < -0.3 is 15.4 Å². The second-order valence-electron chi connectivity index (χ2n) is 3.75. The number of ether oxygens (including phenoxy) is 1. The second kappa shape index (κ2) is 8.47. The van der Waals surface area contributed by atoms with Gasteiger partial charge in [-0.1, -0.05) is 6.92 Å². The van der Waals surface area contributed by atoms with Gasteiger partial charge in [0.2, 0.25) is 0 Å². The first-order chi connectivity index (χ1) is 8.79. The molecule has 0 aromatic carbocycles. The molecule has 0 aliphatic carbocycles. The van der Waals surface area contributed by atoms with Gasteiger partial charge in [-0.15, -0.1) is 0 Å². The van der Waals surface area contributed by atoms with Crippen LogP contribution in [0.2, 0.25) is 0 Å². The fraction of sp³-hybridized carbons (Fsp3) is 0.538. The Balaban J connectivity index is 2.51. The minimum atomic E-state index is -0.334. The van der Waals surface area contributed by atoms with E-state index in [9.17, 15) is 4.79 Å². The van der Waals surface area contributed by atoms with Gasteiger partial charge in [-0.2, -0.15) is 0 Å². The van der Waals surface area contributed by atoms with Gasteiger partial charge in [0.25, 0.3) is 0 Å². The first kappa shape index (κ1) is 14.4.